The van der Waals surface area contributed by atoms with E-state index in [1.54, 1.807) is 11.1 Å². The zero-order valence-corrected chi connectivity index (χ0v) is 12.6. The number of anilines is 1. The zero-order valence-electron chi connectivity index (χ0n) is 12.6. The highest BCUT2D eigenvalue weighted by molar-refractivity contribution is 5.94. The lowest BCUT2D eigenvalue weighted by atomic mass is 9.93. The number of amides is 2. The van der Waals surface area contributed by atoms with Gasteiger partial charge in [0.1, 0.15) is 5.82 Å². The molecule has 0 radical (unpaired) electrons. The quantitative estimate of drug-likeness (QED) is 0.867. The molecule has 0 aromatic carbocycles. The number of carbonyl (C=O) groups is 2. The van der Waals surface area contributed by atoms with Crippen LogP contribution in [0.15, 0.2) is 30.5 Å². The molecule has 0 spiro atoms. The summed E-state index contributed by atoms with van der Waals surface area (Å²) in [7, 11) is 0. The topological polar surface area (TPSA) is 62.3 Å². The van der Waals surface area contributed by atoms with Crippen molar-refractivity contribution in [2.75, 3.05) is 11.4 Å². The second-order valence-electron chi connectivity index (χ2n) is 5.87. The summed E-state index contributed by atoms with van der Waals surface area (Å²) in [6.07, 6.45) is 10.1. The van der Waals surface area contributed by atoms with Gasteiger partial charge in [-0.1, -0.05) is 12.2 Å². The van der Waals surface area contributed by atoms with Crippen LogP contribution in [0.4, 0.5) is 5.82 Å². The third kappa shape index (κ3) is 3.35. The molecule has 1 N–H and O–H groups in total. The van der Waals surface area contributed by atoms with Crippen LogP contribution in [0.5, 0.6) is 0 Å². The lowest BCUT2D eigenvalue weighted by Gasteiger charge is -2.18. The van der Waals surface area contributed by atoms with Gasteiger partial charge in [0.15, 0.2) is 0 Å². The standard InChI is InChI=1S/C17H21N3O2/c21-16-7-4-10-20(16)15-11-13(8-9-18-15)12-19-17(22)14-5-2-1-3-6-14/h1-2,8-9,11,14H,3-7,10,12H2,(H,19,22)/t14-/m1/s1. The molecule has 22 heavy (non-hydrogen) atoms. The van der Waals surface area contributed by atoms with E-state index >= 15 is 0 Å². The Labute approximate surface area is 130 Å². The second kappa shape index (κ2) is 6.73. The lowest BCUT2D eigenvalue weighted by molar-refractivity contribution is -0.125. The molecular formula is C17H21N3O2. The maximum Gasteiger partial charge on any atom is 0.228 e. The van der Waals surface area contributed by atoms with Gasteiger partial charge in [0.05, 0.1) is 0 Å². The summed E-state index contributed by atoms with van der Waals surface area (Å²) in [5.74, 6) is 1.02. The fourth-order valence-corrected chi connectivity index (χ4v) is 2.97. The minimum absolute atomic E-state index is 0.0893. The van der Waals surface area contributed by atoms with Gasteiger partial charge < -0.3 is 5.32 Å². The van der Waals surface area contributed by atoms with Crippen molar-refractivity contribution in [2.45, 2.75) is 38.6 Å². The second-order valence-corrected chi connectivity index (χ2v) is 5.87. The van der Waals surface area contributed by atoms with E-state index in [0.29, 0.717) is 18.8 Å². The SMILES string of the molecule is O=C(NCc1ccnc(N2CCCC2=O)c1)[C@@H]1CC=CCC1. The first-order chi connectivity index (χ1) is 10.7. The predicted octanol–water partition coefficient (Wildman–Crippen LogP) is 2.18. The van der Waals surface area contributed by atoms with E-state index in [-0.39, 0.29) is 17.7 Å². The van der Waals surface area contributed by atoms with E-state index in [1.807, 2.05) is 12.1 Å². The summed E-state index contributed by atoms with van der Waals surface area (Å²) in [5.41, 5.74) is 0.976. The molecule has 116 valence electrons. The van der Waals surface area contributed by atoms with Gasteiger partial charge in [-0.25, -0.2) is 4.98 Å². The fourth-order valence-electron chi connectivity index (χ4n) is 2.97. The van der Waals surface area contributed by atoms with E-state index in [1.165, 1.54) is 0 Å². The number of hydrogen-bond donors (Lipinski definition) is 1. The number of carbonyl (C=O) groups excluding carboxylic acids is 2. The summed E-state index contributed by atoms with van der Waals surface area (Å²) < 4.78 is 0. The predicted molar refractivity (Wildman–Crippen MR) is 84.2 cm³/mol. The van der Waals surface area contributed by atoms with Crippen LogP contribution in [0.25, 0.3) is 0 Å². The monoisotopic (exact) mass is 299 g/mol. The first-order valence-corrected chi connectivity index (χ1v) is 7.92. The molecule has 5 nitrogen and oxygen atoms in total. The fraction of sp³-hybridized carbons (Fsp3) is 0.471. The Hall–Kier alpha value is -2.17. The molecule has 1 aliphatic carbocycles. The maximum absolute atomic E-state index is 12.1. The maximum atomic E-state index is 12.1. The van der Waals surface area contributed by atoms with Crippen LogP contribution in [0.3, 0.4) is 0 Å². The normalized spacial score (nSPS) is 21.2. The van der Waals surface area contributed by atoms with Gasteiger partial charge in [0, 0.05) is 31.6 Å². The van der Waals surface area contributed by atoms with Crippen LogP contribution >= 0.6 is 0 Å². The third-order valence-electron chi connectivity index (χ3n) is 4.27. The number of hydrogen-bond acceptors (Lipinski definition) is 3. The minimum atomic E-state index is 0.0893. The summed E-state index contributed by atoms with van der Waals surface area (Å²) in [5, 5.41) is 2.99. The molecular weight excluding hydrogens is 278 g/mol. The molecule has 3 rings (SSSR count). The van der Waals surface area contributed by atoms with Crippen molar-refractivity contribution in [3.63, 3.8) is 0 Å². The van der Waals surface area contributed by atoms with Gasteiger partial charge in [0.25, 0.3) is 0 Å². The largest absolute Gasteiger partial charge is 0.352 e. The van der Waals surface area contributed by atoms with Crippen LogP contribution < -0.4 is 10.2 Å². The van der Waals surface area contributed by atoms with E-state index in [0.717, 1.165) is 37.8 Å². The van der Waals surface area contributed by atoms with Crippen molar-refractivity contribution >= 4 is 17.6 Å². The molecule has 1 aliphatic heterocycles. The molecule has 2 heterocycles. The molecule has 0 unspecified atom stereocenters. The van der Waals surface area contributed by atoms with E-state index < -0.39 is 0 Å². The third-order valence-corrected chi connectivity index (χ3v) is 4.27. The molecule has 5 heteroatoms. The molecule has 0 saturated carbocycles. The van der Waals surface area contributed by atoms with Crippen molar-refractivity contribution in [3.8, 4) is 0 Å². The Balaban J connectivity index is 1.59. The van der Waals surface area contributed by atoms with Crippen LogP contribution in [0.1, 0.15) is 37.7 Å². The van der Waals surface area contributed by atoms with E-state index in [2.05, 4.69) is 22.5 Å². The van der Waals surface area contributed by atoms with Crippen molar-refractivity contribution < 1.29 is 9.59 Å². The number of nitrogens with zero attached hydrogens (tertiary/aromatic N) is 2. The van der Waals surface area contributed by atoms with Gasteiger partial charge in [-0.05, 0) is 43.4 Å². The van der Waals surface area contributed by atoms with Crippen LogP contribution in [0, 0.1) is 5.92 Å². The molecule has 0 bridgehead atoms. The number of rotatable bonds is 4. The van der Waals surface area contributed by atoms with E-state index in [9.17, 15) is 9.59 Å². The van der Waals surface area contributed by atoms with Crippen molar-refractivity contribution in [3.05, 3.63) is 36.0 Å². The number of allylic oxidation sites excluding steroid dienone is 2. The Morgan fingerprint density at radius 3 is 3.05 bits per heavy atom. The highest BCUT2D eigenvalue weighted by Gasteiger charge is 2.23. The lowest BCUT2D eigenvalue weighted by Crippen LogP contribution is -2.31. The molecule has 2 aliphatic rings. The molecule has 1 atom stereocenters. The minimum Gasteiger partial charge on any atom is -0.352 e. The summed E-state index contributed by atoms with van der Waals surface area (Å²) in [4.78, 5) is 29.9. The first-order valence-electron chi connectivity index (χ1n) is 7.92. The average molecular weight is 299 g/mol. The van der Waals surface area contributed by atoms with E-state index in [4.69, 9.17) is 0 Å². The Kier molecular flexibility index (Phi) is 4.51. The molecule has 1 aromatic heterocycles. The van der Waals surface area contributed by atoms with Gasteiger partial charge in [-0.2, -0.15) is 0 Å². The highest BCUT2D eigenvalue weighted by Crippen LogP contribution is 2.20. The van der Waals surface area contributed by atoms with Gasteiger partial charge >= 0.3 is 0 Å². The first kappa shape index (κ1) is 14.8. The summed E-state index contributed by atoms with van der Waals surface area (Å²) in [6, 6.07) is 3.77. The molecule has 1 saturated heterocycles. The van der Waals surface area contributed by atoms with Crippen LogP contribution in [-0.2, 0) is 16.1 Å². The Morgan fingerprint density at radius 1 is 1.41 bits per heavy atom. The zero-order chi connectivity index (χ0) is 15.4. The summed E-state index contributed by atoms with van der Waals surface area (Å²) >= 11 is 0. The van der Waals surface area contributed by atoms with Gasteiger partial charge in [-0.3, -0.25) is 14.5 Å². The van der Waals surface area contributed by atoms with Crippen molar-refractivity contribution in [1.82, 2.24) is 10.3 Å². The Bertz CT molecular complexity index is 597. The highest BCUT2D eigenvalue weighted by atomic mass is 16.2. The van der Waals surface area contributed by atoms with Gasteiger partial charge in [-0.15, -0.1) is 0 Å². The van der Waals surface area contributed by atoms with Crippen molar-refractivity contribution in [2.24, 2.45) is 5.92 Å². The van der Waals surface area contributed by atoms with Crippen molar-refractivity contribution in [1.29, 1.82) is 0 Å². The number of aromatic nitrogens is 1. The number of nitrogens with one attached hydrogen (secondary N) is 1. The van der Waals surface area contributed by atoms with Gasteiger partial charge in [0.2, 0.25) is 11.8 Å². The molecule has 2 amide bonds. The molecule has 1 fully saturated rings. The summed E-state index contributed by atoms with van der Waals surface area (Å²) in [6.45, 7) is 1.21. The van der Waals surface area contributed by atoms with Crippen LogP contribution in [0.2, 0.25) is 0 Å². The van der Waals surface area contributed by atoms with Crippen LogP contribution in [-0.4, -0.2) is 23.3 Å². The molecule has 1 aromatic rings. The Morgan fingerprint density at radius 2 is 2.32 bits per heavy atom. The average Bonchev–Trinajstić information content (AvgIpc) is 3.00. The smallest absolute Gasteiger partial charge is 0.228 e. The number of pyridine rings is 1.